The minimum atomic E-state index is -1.18. The van der Waals surface area contributed by atoms with Gasteiger partial charge in [-0.25, -0.2) is 0 Å². The third kappa shape index (κ3) is 5.38. The molecule has 0 heterocycles. The Balaban J connectivity index is 1.92. The van der Waals surface area contributed by atoms with Gasteiger partial charge in [0.2, 0.25) is 0 Å². The molecule has 2 aliphatic carbocycles. The average molecular weight is 274 g/mol. The molecule has 2 rings (SSSR count). The highest BCUT2D eigenvalue weighted by Crippen LogP contribution is 2.39. The second kappa shape index (κ2) is 7.02. The summed E-state index contributed by atoms with van der Waals surface area (Å²) >= 11 is 0. The van der Waals surface area contributed by atoms with E-state index in [2.05, 4.69) is 31.1 Å². The fraction of sp³-hybridized carbons (Fsp3) is 0.882. The van der Waals surface area contributed by atoms with E-state index in [0.29, 0.717) is 0 Å². The normalized spacial score (nSPS) is 29.4. The fourth-order valence-corrected chi connectivity index (χ4v) is 4.46. The van der Waals surface area contributed by atoms with Gasteiger partial charge in [-0.3, -0.25) is 0 Å². The van der Waals surface area contributed by atoms with Gasteiger partial charge < -0.3 is 0 Å². The maximum Gasteiger partial charge on any atom is 0.129 e. The summed E-state index contributed by atoms with van der Waals surface area (Å²) in [5.41, 5.74) is 3.65. The van der Waals surface area contributed by atoms with Crippen LogP contribution >= 0.6 is 0 Å². The van der Waals surface area contributed by atoms with E-state index in [9.17, 15) is 0 Å². The highest BCUT2D eigenvalue weighted by atomic mass is 28.3. The summed E-state index contributed by atoms with van der Waals surface area (Å²) in [4.78, 5) is 0. The molecule has 0 aliphatic heterocycles. The second-order valence-electron chi connectivity index (χ2n) is 7.91. The van der Waals surface area contributed by atoms with Crippen molar-refractivity contribution in [2.45, 2.75) is 89.1 Å². The summed E-state index contributed by atoms with van der Waals surface area (Å²) in [6, 6.07) is 0. The second-order valence-corrected chi connectivity index (χ2v) is 12.7. The first-order valence-corrected chi connectivity index (χ1v) is 12.1. The zero-order valence-corrected chi connectivity index (χ0v) is 14.3. The van der Waals surface area contributed by atoms with Crippen LogP contribution in [-0.4, -0.2) is 15.4 Å². The molecule has 0 amide bonds. The summed E-state index contributed by atoms with van der Waals surface area (Å²) < 4.78 is 0. The van der Waals surface area contributed by atoms with E-state index in [-0.39, 0.29) is 0 Å². The van der Waals surface area contributed by atoms with Crippen LogP contribution in [0.4, 0.5) is 0 Å². The monoisotopic (exact) mass is 274 g/mol. The maximum absolute atomic E-state index is 3.71. The van der Waals surface area contributed by atoms with Crippen molar-refractivity contribution in [1.29, 1.82) is 0 Å². The molecule has 2 unspecified atom stereocenters. The molecule has 2 heteroatoms. The lowest BCUT2D eigenvalue weighted by Gasteiger charge is -2.32. The van der Waals surface area contributed by atoms with Gasteiger partial charge in [0.25, 0.3) is 0 Å². The van der Waals surface area contributed by atoms with E-state index in [0.717, 1.165) is 17.6 Å². The van der Waals surface area contributed by atoms with Crippen molar-refractivity contribution >= 4 is 15.4 Å². The van der Waals surface area contributed by atoms with E-state index in [1.54, 1.807) is 0 Å². The summed E-state index contributed by atoms with van der Waals surface area (Å²) in [5, 5.41) is 0. The van der Waals surface area contributed by atoms with Crippen molar-refractivity contribution in [3.63, 3.8) is 0 Å². The first kappa shape index (κ1) is 15.2. The Hall–Kier alpha value is -0.158. The quantitative estimate of drug-likeness (QED) is 0.489. The van der Waals surface area contributed by atoms with Crippen molar-refractivity contribution in [3.05, 3.63) is 0 Å². The van der Waals surface area contributed by atoms with Gasteiger partial charge in [0.15, 0.2) is 0 Å². The van der Waals surface area contributed by atoms with E-state index in [4.69, 9.17) is 0 Å². The minimum absolute atomic E-state index is 0.738. The average Bonchev–Trinajstić information content (AvgIpc) is 2.38. The van der Waals surface area contributed by atoms with Crippen LogP contribution < -0.4 is 0 Å². The summed E-state index contributed by atoms with van der Waals surface area (Å²) in [6.07, 6.45) is 13.2. The maximum atomic E-state index is 3.71. The zero-order valence-electron chi connectivity index (χ0n) is 13.3. The molecule has 0 N–H and O–H groups in total. The van der Waals surface area contributed by atoms with Gasteiger partial charge in [0.1, 0.15) is 15.4 Å². The zero-order chi connectivity index (χ0) is 13.7. The Morgan fingerprint density at radius 1 is 0.842 bits per heavy atom. The number of hydrogen-bond donors (Lipinski definition) is 0. The topological polar surface area (TPSA) is 0 Å². The van der Waals surface area contributed by atoms with Crippen LogP contribution in [0, 0.1) is 17.4 Å². The Bertz CT molecular complexity index is 327. The molecule has 106 valence electrons. The van der Waals surface area contributed by atoms with E-state index in [1.807, 2.05) is 0 Å². The first-order chi connectivity index (χ1) is 9.04. The lowest BCUT2D eigenvalue weighted by Crippen LogP contribution is -2.24. The molecule has 0 nitrogen and oxygen atoms in total. The van der Waals surface area contributed by atoms with E-state index < -0.39 is 8.07 Å². The predicted molar refractivity (Wildman–Crippen MR) is 90.8 cm³/mol. The van der Waals surface area contributed by atoms with Crippen LogP contribution in [0.25, 0.3) is 0 Å². The van der Waals surface area contributed by atoms with Gasteiger partial charge in [-0.2, -0.15) is 0 Å². The van der Waals surface area contributed by atoms with Crippen LogP contribution in [-0.2, 0) is 0 Å². The Morgan fingerprint density at radius 3 is 2.16 bits per heavy atom. The first-order valence-electron chi connectivity index (χ1n) is 8.57. The molecule has 2 fully saturated rings. The van der Waals surface area contributed by atoms with Crippen LogP contribution in [0.1, 0.15) is 57.8 Å². The third-order valence-corrected chi connectivity index (χ3v) is 5.80. The highest BCUT2D eigenvalue weighted by molar-refractivity contribution is 6.83. The van der Waals surface area contributed by atoms with Crippen molar-refractivity contribution in [2.24, 2.45) is 5.92 Å². The van der Waals surface area contributed by atoms with Gasteiger partial charge in [-0.15, -0.1) is 11.5 Å². The standard InChI is InChI=1S/C17H31BSi/c1-19(2,3)14-13-15-9-7-8-12-17(15)18-16-10-5-4-6-11-16/h15-18H,4-12H2,1-3H3. The molecule has 2 saturated carbocycles. The molecule has 0 spiro atoms. The van der Waals surface area contributed by atoms with Crippen molar-refractivity contribution in [3.8, 4) is 11.5 Å². The fourth-order valence-electron chi connectivity index (χ4n) is 3.84. The van der Waals surface area contributed by atoms with Gasteiger partial charge in [-0.05, 0) is 6.42 Å². The number of rotatable bonds is 2. The lowest BCUT2D eigenvalue weighted by molar-refractivity contribution is 0.416. The molecule has 0 aromatic carbocycles. The van der Waals surface area contributed by atoms with Crippen LogP contribution in [0.5, 0.6) is 0 Å². The molecule has 0 aromatic rings. The SMILES string of the molecule is C[Si](C)(C)C#CC1CCCCC1BC1CCCCC1. The van der Waals surface area contributed by atoms with Gasteiger partial charge in [0, 0.05) is 5.92 Å². The molecule has 2 aliphatic rings. The smallest absolute Gasteiger partial charge is 0.129 e. The van der Waals surface area contributed by atoms with Crippen LogP contribution in [0.2, 0.25) is 31.3 Å². The molecule has 19 heavy (non-hydrogen) atoms. The van der Waals surface area contributed by atoms with Gasteiger partial charge in [-0.1, -0.05) is 82.6 Å². The van der Waals surface area contributed by atoms with Crippen molar-refractivity contribution < 1.29 is 0 Å². The van der Waals surface area contributed by atoms with Crippen molar-refractivity contribution in [1.82, 2.24) is 0 Å². The molecule has 2 atom stereocenters. The van der Waals surface area contributed by atoms with Crippen LogP contribution in [0.15, 0.2) is 0 Å². The summed E-state index contributed by atoms with van der Waals surface area (Å²) in [5.74, 6) is 6.42. The molecule has 0 aromatic heterocycles. The Kier molecular flexibility index (Phi) is 5.63. The Morgan fingerprint density at radius 2 is 1.47 bits per heavy atom. The van der Waals surface area contributed by atoms with Gasteiger partial charge in [0.05, 0.1) is 0 Å². The summed E-state index contributed by atoms with van der Waals surface area (Å²) in [6.45, 7) is 7.12. The predicted octanol–water partition coefficient (Wildman–Crippen LogP) is 5.04. The largest absolute Gasteiger partial charge is 0.132 e. The number of hydrogen-bond acceptors (Lipinski definition) is 0. The molecular weight excluding hydrogens is 243 g/mol. The van der Waals surface area contributed by atoms with Crippen molar-refractivity contribution in [2.75, 3.05) is 0 Å². The summed E-state index contributed by atoms with van der Waals surface area (Å²) in [7, 11) is 0.307. The minimum Gasteiger partial charge on any atom is -0.132 e. The highest BCUT2D eigenvalue weighted by Gasteiger charge is 2.28. The third-order valence-electron chi connectivity index (χ3n) is 4.90. The van der Waals surface area contributed by atoms with Crippen LogP contribution in [0.3, 0.4) is 0 Å². The van der Waals surface area contributed by atoms with E-state index in [1.165, 1.54) is 65.1 Å². The molecule has 0 radical (unpaired) electrons. The molecular formula is C17H31BSi. The lowest BCUT2D eigenvalue weighted by atomic mass is 9.46. The molecule has 0 saturated heterocycles. The molecule has 0 bridgehead atoms. The Labute approximate surface area is 122 Å². The van der Waals surface area contributed by atoms with E-state index >= 15 is 0 Å². The van der Waals surface area contributed by atoms with Gasteiger partial charge >= 0.3 is 0 Å².